The van der Waals surface area contributed by atoms with Crippen molar-refractivity contribution in [3.63, 3.8) is 0 Å². The second-order valence-corrected chi connectivity index (χ2v) is 3.46. The van der Waals surface area contributed by atoms with Gasteiger partial charge in [0.15, 0.2) is 0 Å². The first-order chi connectivity index (χ1) is 8.29. The number of nitrogens with zero attached hydrogens (tertiary/aromatic N) is 2. The summed E-state index contributed by atoms with van der Waals surface area (Å²) < 4.78 is 13.0. The Balaban J connectivity index is 2.41. The van der Waals surface area contributed by atoms with Crippen LogP contribution in [0.15, 0.2) is 48.8 Å². The summed E-state index contributed by atoms with van der Waals surface area (Å²) in [4.78, 5) is 3.89. The minimum atomic E-state index is -0.314. The first-order valence-electron chi connectivity index (χ1n) is 5.07. The predicted molar refractivity (Wildman–Crippen MR) is 64.1 cm³/mol. The maximum absolute atomic E-state index is 13.0. The molecular formula is C14H9FN2. The van der Waals surface area contributed by atoms with Crippen LogP contribution < -0.4 is 0 Å². The SMILES string of the molecule is N#C/C(=C/c1cccc(F)c1)c1ccncc1. The third kappa shape index (κ3) is 2.76. The smallest absolute Gasteiger partial charge is 0.123 e. The van der Waals surface area contributed by atoms with Crippen LogP contribution in [0.5, 0.6) is 0 Å². The fourth-order valence-corrected chi connectivity index (χ4v) is 1.47. The van der Waals surface area contributed by atoms with Crippen LogP contribution in [0.4, 0.5) is 4.39 Å². The largest absolute Gasteiger partial charge is 0.265 e. The molecule has 1 aromatic heterocycles. The van der Waals surface area contributed by atoms with Crippen LogP contribution in [-0.4, -0.2) is 4.98 Å². The zero-order valence-electron chi connectivity index (χ0n) is 8.97. The van der Waals surface area contributed by atoms with Crippen molar-refractivity contribution in [2.75, 3.05) is 0 Å². The molecule has 0 aliphatic rings. The third-order valence-corrected chi connectivity index (χ3v) is 2.27. The molecule has 0 N–H and O–H groups in total. The Labute approximate surface area is 98.7 Å². The number of hydrogen-bond acceptors (Lipinski definition) is 2. The average Bonchev–Trinajstić information content (AvgIpc) is 2.37. The highest BCUT2D eigenvalue weighted by atomic mass is 19.1. The molecule has 0 spiro atoms. The molecule has 1 heterocycles. The Bertz CT molecular complexity index is 583. The lowest BCUT2D eigenvalue weighted by molar-refractivity contribution is 0.627. The topological polar surface area (TPSA) is 36.7 Å². The van der Waals surface area contributed by atoms with Crippen LogP contribution in [0, 0.1) is 17.1 Å². The molecule has 0 saturated heterocycles. The number of rotatable bonds is 2. The van der Waals surface area contributed by atoms with Gasteiger partial charge in [-0.25, -0.2) is 4.39 Å². The molecule has 1 aromatic carbocycles. The van der Waals surface area contributed by atoms with Gasteiger partial charge in [-0.15, -0.1) is 0 Å². The molecule has 0 radical (unpaired) electrons. The molecule has 82 valence electrons. The maximum atomic E-state index is 13.0. The van der Waals surface area contributed by atoms with E-state index in [0.717, 1.165) is 5.56 Å². The van der Waals surface area contributed by atoms with Crippen LogP contribution >= 0.6 is 0 Å². The zero-order valence-corrected chi connectivity index (χ0v) is 8.97. The first kappa shape index (κ1) is 11.0. The van der Waals surface area contributed by atoms with Gasteiger partial charge in [-0.1, -0.05) is 12.1 Å². The number of pyridine rings is 1. The van der Waals surface area contributed by atoms with Crippen LogP contribution in [0.3, 0.4) is 0 Å². The highest BCUT2D eigenvalue weighted by Gasteiger charge is 2.00. The summed E-state index contributed by atoms with van der Waals surface area (Å²) in [6.45, 7) is 0. The quantitative estimate of drug-likeness (QED) is 0.734. The van der Waals surface area contributed by atoms with E-state index in [4.69, 9.17) is 5.26 Å². The van der Waals surface area contributed by atoms with E-state index >= 15 is 0 Å². The van der Waals surface area contributed by atoms with Crippen molar-refractivity contribution in [3.05, 3.63) is 65.7 Å². The lowest BCUT2D eigenvalue weighted by atomic mass is 10.1. The molecule has 2 aromatic rings. The van der Waals surface area contributed by atoms with Gasteiger partial charge < -0.3 is 0 Å². The second-order valence-electron chi connectivity index (χ2n) is 3.46. The Morgan fingerprint density at radius 3 is 2.65 bits per heavy atom. The highest BCUT2D eigenvalue weighted by molar-refractivity contribution is 5.89. The van der Waals surface area contributed by atoms with Crippen molar-refractivity contribution >= 4 is 11.6 Å². The van der Waals surface area contributed by atoms with Crippen molar-refractivity contribution in [2.45, 2.75) is 0 Å². The van der Waals surface area contributed by atoms with Gasteiger partial charge in [-0.3, -0.25) is 4.98 Å². The van der Waals surface area contributed by atoms with E-state index in [0.29, 0.717) is 11.1 Å². The van der Waals surface area contributed by atoms with Crippen molar-refractivity contribution in [1.29, 1.82) is 5.26 Å². The summed E-state index contributed by atoms with van der Waals surface area (Å²) in [7, 11) is 0. The van der Waals surface area contributed by atoms with Gasteiger partial charge in [0, 0.05) is 12.4 Å². The Kier molecular flexibility index (Phi) is 3.27. The van der Waals surface area contributed by atoms with Gasteiger partial charge in [0.25, 0.3) is 0 Å². The number of benzene rings is 1. The van der Waals surface area contributed by atoms with E-state index in [2.05, 4.69) is 11.1 Å². The summed E-state index contributed by atoms with van der Waals surface area (Å²) in [5, 5.41) is 9.08. The first-order valence-corrected chi connectivity index (χ1v) is 5.07. The van der Waals surface area contributed by atoms with E-state index in [9.17, 15) is 4.39 Å². The van der Waals surface area contributed by atoms with Crippen molar-refractivity contribution < 1.29 is 4.39 Å². The summed E-state index contributed by atoms with van der Waals surface area (Å²) >= 11 is 0. The van der Waals surface area contributed by atoms with Gasteiger partial charge >= 0.3 is 0 Å². The molecule has 0 fully saturated rings. The normalized spacial score (nSPS) is 10.9. The number of halogens is 1. The summed E-state index contributed by atoms with van der Waals surface area (Å²) in [6, 6.07) is 11.7. The van der Waals surface area contributed by atoms with E-state index in [1.807, 2.05) is 0 Å². The summed E-state index contributed by atoms with van der Waals surface area (Å²) in [6.07, 6.45) is 4.89. The van der Waals surface area contributed by atoms with Gasteiger partial charge in [0.1, 0.15) is 5.82 Å². The highest BCUT2D eigenvalue weighted by Crippen LogP contribution is 2.17. The molecule has 3 heteroatoms. The van der Waals surface area contributed by atoms with E-state index in [1.165, 1.54) is 12.1 Å². The summed E-state index contributed by atoms with van der Waals surface area (Å²) in [5.41, 5.74) is 1.92. The zero-order chi connectivity index (χ0) is 12.1. The van der Waals surface area contributed by atoms with Crippen LogP contribution in [0.1, 0.15) is 11.1 Å². The third-order valence-electron chi connectivity index (χ3n) is 2.27. The molecule has 0 saturated carbocycles. The van der Waals surface area contributed by atoms with Gasteiger partial charge in [-0.05, 0) is 41.5 Å². The predicted octanol–water partition coefficient (Wildman–Crippen LogP) is 3.28. The molecule has 0 bridgehead atoms. The minimum Gasteiger partial charge on any atom is -0.265 e. The molecule has 0 aliphatic carbocycles. The van der Waals surface area contributed by atoms with Crippen molar-refractivity contribution in [3.8, 4) is 6.07 Å². The lowest BCUT2D eigenvalue weighted by Crippen LogP contribution is -1.83. The van der Waals surface area contributed by atoms with Crippen molar-refractivity contribution in [2.24, 2.45) is 0 Å². The van der Waals surface area contributed by atoms with Crippen molar-refractivity contribution in [1.82, 2.24) is 4.98 Å². The van der Waals surface area contributed by atoms with Crippen LogP contribution in [0.2, 0.25) is 0 Å². The van der Waals surface area contributed by atoms with E-state index in [1.54, 1.807) is 42.7 Å². The number of aromatic nitrogens is 1. The molecule has 0 unspecified atom stereocenters. The van der Waals surface area contributed by atoms with Gasteiger partial charge in [0.2, 0.25) is 0 Å². The van der Waals surface area contributed by atoms with Crippen LogP contribution in [-0.2, 0) is 0 Å². The molecule has 2 nitrogen and oxygen atoms in total. The van der Waals surface area contributed by atoms with Gasteiger partial charge in [0.05, 0.1) is 11.6 Å². The molecule has 0 amide bonds. The second kappa shape index (κ2) is 5.04. The summed E-state index contributed by atoms with van der Waals surface area (Å²) in [5.74, 6) is -0.314. The molecule has 0 aliphatic heterocycles. The average molecular weight is 224 g/mol. The Morgan fingerprint density at radius 2 is 2.00 bits per heavy atom. The van der Waals surface area contributed by atoms with Gasteiger partial charge in [-0.2, -0.15) is 5.26 Å². The van der Waals surface area contributed by atoms with E-state index in [-0.39, 0.29) is 5.82 Å². The molecule has 2 rings (SSSR count). The molecule has 0 atom stereocenters. The Morgan fingerprint density at radius 1 is 1.24 bits per heavy atom. The standard InChI is InChI=1S/C14H9FN2/c15-14-3-1-2-11(9-14)8-13(10-16)12-4-6-17-7-5-12/h1-9H/b13-8-. The lowest BCUT2D eigenvalue weighted by Gasteiger charge is -1.99. The number of hydrogen-bond donors (Lipinski definition) is 0. The fraction of sp³-hybridized carbons (Fsp3) is 0. The number of allylic oxidation sites excluding steroid dienone is 1. The molecular weight excluding hydrogens is 215 g/mol. The fourth-order valence-electron chi connectivity index (χ4n) is 1.47. The monoisotopic (exact) mass is 224 g/mol. The maximum Gasteiger partial charge on any atom is 0.123 e. The van der Waals surface area contributed by atoms with E-state index < -0.39 is 0 Å². The number of nitriles is 1. The minimum absolute atomic E-state index is 0.314. The Hall–Kier alpha value is -2.47. The molecule has 17 heavy (non-hydrogen) atoms. The van der Waals surface area contributed by atoms with Crippen LogP contribution in [0.25, 0.3) is 11.6 Å².